The van der Waals surface area contributed by atoms with Crippen LogP contribution in [0.25, 0.3) is 0 Å². The number of carbonyl (C=O) groups excluding carboxylic acids is 1. The number of hydrogen-bond donors (Lipinski definition) is 1. The number of hydrogen-bond acceptors (Lipinski definition) is 4. The fourth-order valence-electron chi connectivity index (χ4n) is 2.48. The maximum Gasteiger partial charge on any atom is 0.251 e. The van der Waals surface area contributed by atoms with Crippen molar-refractivity contribution in [2.24, 2.45) is 0 Å². The summed E-state index contributed by atoms with van der Waals surface area (Å²) in [6.45, 7) is 2.03. The Morgan fingerprint density at radius 1 is 0.958 bits per heavy atom. The summed E-state index contributed by atoms with van der Waals surface area (Å²) in [5, 5.41) is 3.05. The summed E-state index contributed by atoms with van der Waals surface area (Å²) in [4.78, 5) is 12.5. The summed E-state index contributed by atoms with van der Waals surface area (Å²) in [5.74, 6) is 1.76. The summed E-state index contributed by atoms with van der Waals surface area (Å²) < 4.78 is 15.6. The maximum atomic E-state index is 12.5. The fraction of sp³-hybridized carbons (Fsp3) is 0.316. The van der Waals surface area contributed by atoms with E-state index in [9.17, 15) is 4.79 Å². The van der Waals surface area contributed by atoms with Crippen LogP contribution in [-0.4, -0.2) is 27.2 Å². The van der Waals surface area contributed by atoms with E-state index in [1.807, 2.05) is 31.2 Å². The van der Waals surface area contributed by atoms with E-state index in [0.717, 1.165) is 17.7 Å². The minimum Gasteiger partial charge on any atom is -0.497 e. The molecular weight excluding hydrogens is 306 g/mol. The number of amides is 1. The summed E-state index contributed by atoms with van der Waals surface area (Å²) >= 11 is 0. The molecule has 5 heteroatoms. The third-order valence-electron chi connectivity index (χ3n) is 3.88. The van der Waals surface area contributed by atoms with Gasteiger partial charge in [-0.05, 0) is 42.3 Å². The Hall–Kier alpha value is -2.69. The van der Waals surface area contributed by atoms with Gasteiger partial charge in [-0.25, -0.2) is 0 Å². The van der Waals surface area contributed by atoms with E-state index in [1.54, 1.807) is 39.5 Å². The molecule has 0 aliphatic carbocycles. The van der Waals surface area contributed by atoms with Crippen LogP contribution >= 0.6 is 0 Å². The van der Waals surface area contributed by atoms with E-state index in [2.05, 4.69) is 5.32 Å². The molecule has 0 bridgehead atoms. The Morgan fingerprint density at radius 3 is 2.17 bits per heavy atom. The number of rotatable bonds is 7. The number of benzene rings is 2. The van der Waals surface area contributed by atoms with E-state index in [-0.39, 0.29) is 11.9 Å². The lowest BCUT2D eigenvalue weighted by atomic mass is 10.0. The van der Waals surface area contributed by atoms with Crippen molar-refractivity contribution in [1.82, 2.24) is 5.32 Å². The molecule has 1 amide bonds. The standard InChI is InChI=1S/C19H23NO4/c1-5-16(13-6-9-15(22-2)10-7-13)20-19(21)14-8-11-17(23-3)18(12-14)24-4/h6-12,16H,5H2,1-4H3,(H,20,21)/t16-/m1/s1. The Morgan fingerprint density at radius 2 is 1.62 bits per heavy atom. The molecule has 0 fully saturated rings. The van der Waals surface area contributed by atoms with Gasteiger partial charge in [-0.1, -0.05) is 19.1 Å². The van der Waals surface area contributed by atoms with Gasteiger partial charge in [-0.15, -0.1) is 0 Å². The Bertz CT molecular complexity index is 682. The third-order valence-corrected chi connectivity index (χ3v) is 3.88. The average Bonchev–Trinajstić information content (AvgIpc) is 2.65. The van der Waals surface area contributed by atoms with Crippen LogP contribution in [-0.2, 0) is 0 Å². The molecule has 0 saturated carbocycles. The van der Waals surface area contributed by atoms with Gasteiger partial charge in [0.15, 0.2) is 11.5 Å². The molecule has 24 heavy (non-hydrogen) atoms. The van der Waals surface area contributed by atoms with Gasteiger partial charge in [0.25, 0.3) is 5.91 Å². The van der Waals surface area contributed by atoms with Gasteiger partial charge >= 0.3 is 0 Å². The van der Waals surface area contributed by atoms with Crippen LogP contribution < -0.4 is 19.5 Å². The van der Waals surface area contributed by atoms with Crippen LogP contribution in [0.4, 0.5) is 0 Å². The molecule has 5 nitrogen and oxygen atoms in total. The quantitative estimate of drug-likeness (QED) is 0.843. The zero-order valence-electron chi connectivity index (χ0n) is 14.5. The fourth-order valence-corrected chi connectivity index (χ4v) is 2.48. The van der Waals surface area contributed by atoms with Crippen molar-refractivity contribution in [1.29, 1.82) is 0 Å². The first kappa shape index (κ1) is 17.7. The molecule has 0 radical (unpaired) electrons. The number of methoxy groups -OCH3 is 3. The zero-order valence-corrected chi connectivity index (χ0v) is 14.5. The first-order chi connectivity index (χ1) is 11.6. The zero-order chi connectivity index (χ0) is 17.5. The van der Waals surface area contributed by atoms with E-state index < -0.39 is 0 Å². The van der Waals surface area contributed by atoms with E-state index in [0.29, 0.717) is 17.1 Å². The summed E-state index contributed by atoms with van der Waals surface area (Å²) in [6, 6.07) is 12.7. The predicted octanol–water partition coefficient (Wildman–Crippen LogP) is 3.59. The van der Waals surface area contributed by atoms with E-state index in [4.69, 9.17) is 14.2 Å². The monoisotopic (exact) mass is 329 g/mol. The molecule has 0 spiro atoms. The van der Waals surface area contributed by atoms with Gasteiger partial charge in [-0.2, -0.15) is 0 Å². The lowest BCUT2D eigenvalue weighted by Crippen LogP contribution is -2.28. The largest absolute Gasteiger partial charge is 0.497 e. The highest BCUT2D eigenvalue weighted by molar-refractivity contribution is 5.95. The highest BCUT2D eigenvalue weighted by Gasteiger charge is 2.16. The van der Waals surface area contributed by atoms with Gasteiger partial charge in [0.05, 0.1) is 27.4 Å². The van der Waals surface area contributed by atoms with Crippen LogP contribution in [0.15, 0.2) is 42.5 Å². The van der Waals surface area contributed by atoms with Crippen LogP contribution in [0.3, 0.4) is 0 Å². The molecule has 0 saturated heterocycles. The molecule has 0 aliphatic heterocycles. The molecule has 0 heterocycles. The normalized spacial score (nSPS) is 11.5. The Labute approximate surface area is 142 Å². The van der Waals surface area contributed by atoms with E-state index in [1.165, 1.54) is 0 Å². The second kappa shape index (κ2) is 8.24. The lowest BCUT2D eigenvalue weighted by molar-refractivity contribution is 0.0935. The summed E-state index contributed by atoms with van der Waals surface area (Å²) in [7, 11) is 4.74. The average molecular weight is 329 g/mol. The summed E-state index contributed by atoms with van der Waals surface area (Å²) in [5.41, 5.74) is 1.56. The SMILES string of the molecule is CC[C@@H](NC(=O)c1ccc(OC)c(OC)c1)c1ccc(OC)cc1. The minimum atomic E-state index is -0.154. The smallest absolute Gasteiger partial charge is 0.251 e. The third kappa shape index (κ3) is 3.98. The van der Waals surface area contributed by atoms with Crippen LogP contribution in [0.1, 0.15) is 35.3 Å². The molecule has 0 aromatic heterocycles. The van der Waals surface area contributed by atoms with Crippen molar-refractivity contribution >= 4 is 5.91 Å². The number of ether oxygens (including phenoxy) is 3. The first-order valence-corrected chi connectivity index (χ1v) is 7.79. The minimum absolute atomic E-state index is 0.0727. The van der Waals surface area contributed by atoms with Crippen molar-refractivity contribution in [3.63, 3.8) is 0 Å². The van der Waals surface area contributed by atoms with E-state index >= 15 is 0 Å². The number of carbonyl (C=O) groups is 1. The molecule has 2 aromatic rings. The molecule has 128 valence electrons. The molecule has 2 rings (SSSR count). The van der Waals surface area contributed by atoms with Gasteiger partial charge in [0.2, 0.25) is 0 Å². The highest BCUT2D eigenvalue weighted by atomic mass is 16.5. The van der Waals surface area contributed by atoms with Crippen LogP contribution in [0, 0.1) is 0 Å². The second-order valence-electron chi connectivity index (χ2n) is 5.28. The topological polar surface area (TPSA) is 56.8 Å². The van der Waals surface area contributed by atoms with Crippen molar-refractivity contribution in [2.45, 2.75) is 19.4 Å². The van der Waals surface area contributed by atoms with Crippen molar-refractivity contribution in [3.05, 3.63) is 53.6 Å². The molecule has 2 aromatic carbocycles. The van der Waals surface area contributed by atoms with Crippen molar-refractivity contribution < 1.29 is 19.0 Å². The van der Waals surface area contributed by atoms with Crippen molar-refractivity contribution in [3.8, 4) is 17.2 Å². The van der Waals surface area contributed by atoms with Crippen LogP contribution in [0.2, 0.25) is 0 Å². The first-order valence-electron chi connectivity index (χ1n) is 7.79. The van der Waals surface area contributed by atoms with Gasteiger partial charge in [0.1, 0.15) is 5.75 Å². The van der Waals surface area contributed by atoms with Gasteiger partial charge in [-0.3, -0.25) is 4.79 Å². The second-order valence-corrected chi connectivity index (χ2v) is 5.28. The number of nitrogens with one attached hydrogen (secondary N) is 1. The van der Waals surface area contributed by atoms with Gasteiger partial charge in [0, 0.05) is 5.56 Å². The highest BCUT2D eigenvalue weighted by Crippen LogP contribution is 2.28. The van der Waals surface area contributed by atoms with Crippen LogP contribution in [0.5, 0.6) is 17.2 Å². The Balaban J connectivity index is 2.16. The lowest BCUT2D eigenvalue weighted by Gasteiger charge is -2.18. The Kier molecular flexibility index (Phi) is 6.07. The van der Waals surface area contributed by atoms with Crippen molar-refractivity contribution in [2.75, 3.05) is 21.3 Å². The summed E-state index contributed by atoms with van der Waals surface area (Å²) in [6.07, 6.45) is 0.783. The molecule has 0 unspecified atom stereocenters. The maximum absolute atomic E-state index is 12.5. The molecule has 1 atom stereocenters. The van der Waals surface area contributed by atoms with Gasteiger partial charge < -0.3 is 19.5 Å². The molecular formula is C19H23NO4. The predicted molar refractivity (Wildman–Crippen MR) is 93.0 cm³/mol. The molecule has 1 N–H and O–H groups in total. The molecule has 0 aliphatic rings.